The Morgan fingerprint density at radius 1 is 1.33 bits per heavy atom. The topological polar surface area (TPSA) is 70.6 Å². The molecule has 1 atom stereocenters. The van der Waals surface area contributed by atoms with E-state index >= 15 is 0 Å². The van der Waals surface area contributed by atoms with Crippen molar-refractivity contribution in [2.24, 2.45) is 5.92 Å². The largest absolute Gasteiger partial charge is 0.435 e. The Balaban J connectivity index is 1.84. The van der Waals surface area contributed by atoms with Gasteiger partial charge < -0.3 is 20.5 Å². The van der Waals surface area contributed by atoms with Gasteiger partial charge in [-0.2, -0.15) is 8.78 Å². The maximum absolute atomic E-state index is 12.0. The van der Waals surface area contributed by atoms with Crippen LogP contribution in [0.25, 0.3) is 0 Å². The van der Waals surface area contributed by atoms with Crippen molar-refractivity contribution in [3.63, 3.8) is 0 Å². The normalized spacial score (nSPS) is 15.6. The molecular weight excluding hydrogens is 282 g/mol. The predicted molar refractivity (Wildman–Crippen MR) is 73.4 cm³/mol. The lowest BCUT2D eigenvalue weighted by Crippen LogP contribution is -2.39. The molecule has 1 fully saturated rings. The molecule has 0 radical (unpaired) electrons. The van der Waals surface area contributed by atoms with E-state index in [0.29, 0.717) is 18.0 Å². The minimum Gasteiger partial charge on any atom is -0.435 e. The molecule has 7 heteroatoms. The first-order chi connectivity index (χ1) is 10.1. The molecular formula is C14H18F2N2O3. The Morgan fingerprint density at radius 3 is 2.52 bits per heavy atom. The molecule has 1 aliphatic carbocycles. The number of benzene rings is 1. The van der Waals surface area contributed by atoms with E-state index < -0.39 is 6.61 Å². The summed E-state index contributed by atoms with van der Waals surface area (Å²) in [6.45, 7) is -2.84. The summed E-state index contributed by atoms with van der Waals surface area (Å²) in [5.41, 5.74) is 0.479. The second-order valence-electron chi connectivity index (χ2n) is 4.96. The second kappa shape index (κ2) is 7.21. The Labute approximate surface area is 121 Å². The number of carbonyl (C=O) groups excluding carboxylic acids is 1. The second-order valence-corrected chi connectivity index (χ2v) is 4.96. The molecule has 0 aromatic heterocycles. The number of carbonyl (C=O) groups is 1. The predicted octanol–water partition coefficient (Wildman–Crippen LogP) is 2.57. The lowest BCUT2D eigenvalue weighted by molar-refractivity contribution is -0.0498. The summed E-state index contributed by atoms with van der Waals surface area (Å²) < 4.78 is 28.2. The fourth-order valence-corrected chi connectivity index (χ4v) is 2.12. The number of hydrogen-bond donors (Lipinski definition) is 3. The Bertz CT molecular complexity index is 464. The molecule has 1 aliphatic rings. The number of alkyl halides is 2. The molecule has 3 N–H and O–H groups in total. The summed E-state index contributed by atoms with van der Waals surface area (Å²) in [6.07, 6.45) is 2.65. The van der Waals surface area contributed by atoms with E-state index in [4.69, 9.17) is 5.11 Å². The third-order valence-corrected chi connectivity index (χ3v) is 3.28. The lowest BCUT2D eigenvalue weighted by Gasteiger charge is -2.17. The molecule has 5 nitrogen and oxygen atoms in total. The van der Waals surface area contributed by atoms with Gasteiger partial charge in [0.25, 0.3) is 0 Å². The van der Waals surface area contributed by atoms with E-state index in [9.17, 15) is 13.6 Å². The summed E-state index contributed by atoms with van der Waals surface area (Å²) in [4.78, 5) is 11.8. The van der Waals surface area contributed by atoms with Crippen LogP contribution in [0.15, 0.2) is 24.3 Å². The highest BCUT2D eigenvalue weighted by molar-refractivity contribution is 5.89. The molecule has 2 rings (SSSR count). The van der Waals surface area contributed by atoms with Gasteiger partial charge >= 0.3 is 12.6 Å². The van der Waals surface area contributed by atoms with Crippen LogP contribution in [0, 0.1) is 5.92 Å². The Kier molecular flexibility index (Phi) is 5.32. The van der Waals surface area contributed by atoms with Crippen LogP contribution in [-0.4, -0.2) is 30.4 Å². The van der Waals surface area contributed by atoms with Gasteiger partial charge in [0.1, 0.15) is 5.75 Å². The number of aliphatic hydroxyl groups excluding tert-OH is 1. The third-order valence-electron chi connectivity index (χ3n) is 3.28. The number of ether oxygens (including phenoxy) is 1. The molecule has 1 saturated carbocycles. The fraction of sp³-hybridized carbons (Fsp3) is 0.500. The van der Waals surface area contributed by atoms with Gasteiger partial charge in [-0.1, -0.05) is 0 Å². The third kappa shape index (κ3) is 5.18. The summed E-state index contributed by atoms with van der Waals surface area (Å²) in [5.74, 6) is 0.469. The van der Waals surface area contributed by atoms with Crippen LogP contribution in [0.1, 0.15) is 19.3 Å². The highest BCUT2D eigenvalue weighted by Gasteiger charge is 2.31. The standard InChI is InChI=1S/C14H18F2N2O3/c15-13(16)21-11-5-3-10(4-6-11)17-14(20)18-12(7-8-19)9-1-2-9/h3-6,9,12-13,19H,1-2,7-8H2,(H2,17,18,20). The number of anilines is 1. The van der Waals surface area contributed by atoms with Gasteiger partial charge in [0.2, 0.25) is 0 Å². The van der Waals surface area contributed by atoms with Gasteiger partial charge in [0.15, 0.2) is 0 Å². The molecule has 0 spiro atoms. The van der Waals surface area contributed by atoms with Crippen molar-refractivity contribution < 1.29 is 23.4 Å². The van der Waals surface area contributed by atoms with Crippen molar-refractivity contribution in [3.05, 3.63) is 24.3 Å². The van der Waals surface area contributed by atoms with Gasteiger partial charge in [-0.3, -0.25) is 0 Å². The Hall–Kier alpha value is -1.89. The van der Waals surface area contributed by atoms with Crippen LogP contribution in [0.3, 0.4) is 0 Å². The minimum absolute atomic E-state index is 0.0289. The van der Waals surface area contributed by atoms with E-state index in [1.807, 2.05) is 0 Å². The molecule has 2 amide bonds. The number of nitrogens with one attached hydrogen (secondary N) is 2. The van der Waals surface area contributed by atoms with Crippen molar-refractivity contribution >= 4 is 11.7 Å². The van der Waals surface area contributed by atoms with E-state index in [-0.39, 0.29) is 24.4 Å². The molecule has 0 heterocycles. The monoisotopic (exact) mass is 300 g/mol. The van der Waals surface area contributed by atoms with Crippen LogP contribution in [0.2, 0.25) is 0 Å². The van der Waals surface area contributed by atoms with Gasteiger partial charge in [-0.15, -0.1) is 0 Å². The van der Waals surface area contributed by atoms with E-state index in [1.54, 1.807) is 0 Å². The van der Waals surface area contributed by atoms with Crippen LogP contribution < -0.4 is 15.4 Å². The zero-order valence-corrected chi connectivity index (χ0v) is 11.4. The SMILES string of the molecule is O=C(Nc1ccc(OC(F)F)cc1)NC(CCO)C1CC1. The number of hydrogen-bond acceptors (Lipinski definition) is 3. The number of aliphatic hydroxyl groups is 1. The average Bonchev–Trinajstić information content (AvgIpc) is 3.24. The first-order valence-corrected chi connectivity index (χ1v) is 6.81. The molecule has 21 heavy (non-hydrogen) atoms. The van der Waals surface area contributed by atoms with Crippen molar-refractivity contribution in [2.45, 2.75) is 31.9 Å². The van der Waals surface area contributed by atoms with Gasteiger partial charge in [0, 0.05) is 18.3 Å². The minimum atomic E-state index is -2.87. The van der Waals surface area contributed by atoms with Crippen LogP contribution in [-0.2, 0) is 0 Å². The van der Waals surface area contributed by atoms with Crippen LogP contribution in [0.5, 0.6) is 5.75 Å². The van der Waals surface area contributed by atoms with Gasteiger partial charge in [-0.25, -0.2) is 4.79 Å². The van der Waals surface area contributed by atoms with E-state index in [1.165, 1.54) is 24.3 Å². The molecule has 1 aromatic carbocycles. The zero-order valence-electron chi connectivity index (χ0n) is 11.4. The summed E-state index contributed by atoms with van der Waals surface area (Å²) in [7, 11) is 0. The summed E-state index contributed by atoms with van der Waals surface area (Å²) >= 11 is 0. The Morgan fingerprint density at radius 2 is 2.00 bits per heavy atom. The highest BCUT2D eigenvalue weighted by atomic mass is 19.3. The van der Waals surface area contributed by atoms with Gasteiger partial charge in [0.05, 0.1) is 0 Å². The molecule has 0 bridgehead atoms. The van der Waals surface area contributed by atoms with Crippen LogP contribution >= 0.6 is 0 Å². The molecule has 1 unspecified atom stereocenters. The number of halogens is 2. The molecule has 116 valence electrons. The fourth-order valence-electron chi connectivity index (χ4n) is 2.12. The molecule has 0 saturated heterocycles. The number of amides is 2. The lowest BCUT2D eigenvalue weighted by atomic mass is 10.1. The first-order valence-electron chi connectivity index (χ1n) is 6.81. The quantitative estimate of drug-likeness (QED) is 0.725. The highest BCUT2D eigenvalue weighted by Crippen LogP contribution is 2.33. The van der Waals surface area contributed by atoms with Gasteiger partial charge in [-0.05, 0) is 49.4 Å². The maximum atomic E-state index is 12.0. The number of rotatable bonds is 7. The summed E-state index contributed by atoms with van der Waals surface area (Å²) in [5, 5.41) is 14.4. The van der Waals surface area contributed by atoms with Crippen molar-refractivity contribution in [1.82, 2.24) is 5.32 Å². The zero-order chi connectivity index (χ0) is 15.2. The summed E-state index contributed by atoms with van der Waals surface area (Å²) in [6, 6.07) is 5.27. The number of urea groups is 1. The van der Waals surface area contributed by atoms with Crippen LogP contribution in [0.4, 0.5) is 19.3 Å². The van der Waals surface area contributed by atoms with E-state index in [0.717, 1.165) is 12.8 Å². The van der Waals surface area contributed by atoms with Crippen molar-refractivity contribution in [1.29, 1.82) is 0 Å². The smallest absolute Gasteiger partial charge is 0.387 e. The first kappa shape index (κ1) is 15.5. The van der Waals surface area contributed by atoms with Crippen molar-refractivity contribution in [3.8, 4) is 5.75 Å². The molecule has 1 aromatic rings. The van der Waals surface area contributed by atoms with E-state index in [2.05, 4.69) is 15.4 Å². The maximum Gasteiger partial charge on any atom is 0.387 e. The molecule has 0 aliphatic heterocycles. The average molecular weight is 300 g/mol. The van der Waals surface area contributed by atoms with Crippen molar-refractivity contribution in [2.75, 3.05) is 11.9 Å².